The monoisotopic (exact) mass is 322 g/mol. The van der Waals surface area contributed by atoms with Gasteiger partial charge in [-0.3, -0.25) is 19.3 Å². The number of hydrogen-bond acceptors (Lipinski definition) is 4. The van der Waals surface area contributed by atoms with Crippen LogP contribution in [0, 0.1) is 12.8 Å². The molecule has 0 aliphatic carbocycles. The van der Waals surface area contributed by atoms with E-state index in [0.717, 1.165) is 16.8 Å². The minimum atomic E-state index is -0.756. The zero-order valence-corrected chi connectivity index (χ0v) is 13.5. The van der Waals surface area contributed by atoms with Gasteiger partial charge >= 0.3 is 0 Å². The van der Waals surface area contributed by atoms with E-state index in [1.54, 1.807) is 5.06 Å². The van der Waals surface area contributed by atoms with Crippen LogP contribution in [0.1, 0.15) is 17.2 Å². The smallest absolute Gasteiger partial charge is 0.261 e. The van der Waals surface area contributed by atoms with Crippen LogP contribution < -0.4 is 5.06 Å². The summed E-state index contributed by atoms with van der Waals surface area (Å²) in [6.07, 6.45) is -0.756. The van der Waals surface area contributed by atoms with E-state index in [1.807, 2.05) is 61.5 Å². The predicted molar refractivity (Wildman–Crippen MR) is 89.0 cm³/mol. The van der Waals surface area contributed by atoms with Crippen molar-refractivity contribution in [2.75, 3.05) is 12.1 Å². The summed E-state index contributed by atoms with van der Waals surface area (Å²) in [5.74, 6) is -0.986. The Bertz CT molecular complexity index is 788. The van der Waals surface area contributed by atoms with E-state index in [2.05, 4.69) is 0 Å². The summed E-state index contributed by atoms with van der Waals surface area (Å²) in [6, 6.07) is 17.3. The third kappa shape index (κ3) is 2.12. The van der Waals surface area contributed by atoms with Gasteiger partial charge < -0.3 is 0 Å². The Morgan fingerprint density at radius 2 is 1.58 bits per heavy atom. The van der Waals surface area contributed by atoms with Crippen molar-refractivity contribution in [3.63, 3.8) is 0 Å². The zero-order chi connectivity index (χ0) is 16.8. The van der Waals surface area contributed by atoms with Gasteiger partial charge in [0, 0.05) is 7.05 Å². The Morgan fingerprint density at radius 3 is 2.25 bits per heavy atom. The summed E-state index contributed by atoms with van der Waals surface area (Å²) in [7, 11) is 1.52. The van der Waals surface area contributed by atoms with Crippen molar-refractivity contribution in [3.05, 3.63) is 65.7 Å². The second-order valence-corrected chi connectivity index (χ2v) is 6.30. The maximum absolute atomic E-state index is 12.6. The molecule has 4 rings (SSSR count). The lowest BCUT2D eigenvalue weighted by Crippen LogP contribution is -2.34. The molecule has 0 saturated carbocycles. The topological polar surface area (TPSA) is 49.9 Å². The van der Waals surface area contributed by atoms with Crippen LogP contribution in [0.4, 0.5) is 5.69 Å². The van der Waals surface area contributed by atoms with Gasteiger partial charge in [-0.2, -0.15) is 0 Å². The van der Waals surface area contributed by atoms with Gasteiger partial charge in [-0.1, -0.05) is 48.0 Å². The molecule has 2 fully saturated rings. The molecule has 2 heterocycles. The number of carbonyl (C=O) groups is 2. The molecule has 0 N–H and O–H groups in total. The van der Waals surface area contributed by atoms with E-state index < -0.39 is 12.0 Å². The zero-order valence-electron chi connectivity index (χ0n) is 13.5. The van der Waals surface area contributed by atoms with Crippen LogP contribution in [0.3, 0.4) is 0 Å². The molecular formula is C19H18N2O3. The SMILES string of the molecule is Cc1ccc([C@@H]2[C@@H]3C(=O)N(C)C(=O)[C@@H]3ON2c2ccccc2)cc1. The normalized spacial score (nSPS) is 26.2. The number of anilines is 1. The highest BCUT2D eigenvalue weighted by Crippen LogP contribution is 2.46. The molecule has 0 unspecified atom stereocenters. The average Bonchev–Trinajstić information content (AvgIpc) is 3.09. The number of likely N-dealkylation sites (tertiary alicyclic amines) is 1. The Morgan fingerprint density at radius 1 is 0.917 bits per heavy atom. The second-order valence-electron chi connectivity index (χ2n) is 6.30. The number of hydrogen-bond donors (Lipinski definition) is 0. The summed E-state index contributed by atoms with van der Waals surface area (Å²) in [4.78, 5) is 32.1. The standard InChI is InChI=1S/C19H18N2O3/c1-12-8-10-13(11-9-12)16-15-17(19(23)20(2)18(15)22)24-21(16)14-6-4-3-5-7-14/h3-11,15-17H,1-2H3/t15-,16+,17+/m0/s1. The Hall–Kier alpha value is -2.66. The van der Waals surface area contributed by atoms with Gasteiger partial charge in [-0.25, -0.2) is 5.06 Å². The van der Waals surface area contributed by atoms with Crippen LogP contribution in [0.2, 0.25) is 0 Å². The fourth-order valence-corrected chi connectivity index (χ4v) is 3.45. The highest BCUT2D eigenvalue weighted by molar-refractivity contribution is 6.07. The molecule has 122 valence electrons. The summed E-state index contributed by atoms with van der Waals surface area (Å²) in [6.45, 7) is 2.02. The number of benzene rings is 2. The molecular weight excluding hydrogens is 304 g/mol. The quantitative estimate of drug-likeness (QED) is 0.797. The number of amides is 2. The molecule has 2 saturated heterocycles. The lowest BCUT2D eigenvalue weighted by Gasteiger charge is -2.28. The predicted octanol–water partition coefficient (Wildman–Crippen LogP) is 2.47. The second kappa shape index (κ2) is 5.46. The lowest BCUT2D eigenvalue weighted by atomic mass is 9.90. The van der Waals surface area contributed by atoms with Crippen LogP contribution in [-0.2, 0) is 14.4 Å². The number of rotatable bonds is 2. The fourth-order valence-electron chi connectivity index (χ4n) is 3.45. The fraction of sp³-hybridized carbons (Fsp3) is 0.263. The largest absolute Gasteiger partial charge is 0.283 e. The Balaban J connectivity index is 1.81. The van der Waals surface area contributed by atoms with Gasteiger partial charge in [0.15, 0.2) is 6.10 Å². The molecule has 3 atom stereocenters. The lowest BCUT2D eigenvalue weighted by molar-refractivity contribution is -0.141. The average molecular weight is 322 g/mol. The number of aryl methyl sites for hydroxylation is 1. The van der Waals surface area contributed by atoms with Crippen molar-refractivity contribution in [1.82, 2.24) is 4.90 Å². The Labute approximate surface area is 140 Å². The molecule has 2 aliphatic heterocycles. The molecule has 0 spiro atoms. The van der Waals surface area contributed by atoms with Crippen molar-refractivity contribution in [3.8, 4) is 0 Å². The minimum absolute atomic E-state index is 0.186. The highest BCUT2D eigenvalue weighted by Gasteiger charge is 2.58. The first-order valence-corrected chi connectivity index (χ1v) is 7.97. The maximum Gasteiger partial charge on any atom is 0.261 e. The van der Waals surface area contributed by atoms with E-state index in [0.29, 0.717) is 0 Å². The van der Waals surface area contributed by atoms with Crippen molar-refractivity contribution < 1.29 is 14.4 Å². The molecule has 2 aromatic carbocycles. The van der Waals surface area contributed by atoms with Gasteiger partial charge in [-0.15, -0.1) is 0 Å². The molecule has 2 amide bonds. The van der Waals surface area contributed by atoms with E-state index >= 15 is 0 Å². The first-order chi connectivity index (χ1) is 11.6. The Kier molecular flexibility index (Phi) is 3.39. The number of carbonyl (C=O) groups excluding carboxylic acids is 2. The molecule has 2 aromatic rings. The molecule has 0 aromatic heterocycles. The summed E-state index contributed by atoms with van der Waals surface area (Å²) < 4.78 is 0. The van der Waals surface area contributed by atoms with Gasteiger partial charge in [0.1, 0.15) is 5.92 Å². The van der Waals surface area contributed by atoms with Crippen LogP contribution in [-0.4, -0.2) is 29.9 Å². The number of likely N-dealkylation sites (N-methyl/N-ethyl adjacent to an activating group) is 1. The first-order valence-electron chi connectivity index (χ1n) is 7.97. The third-order valence-corrected chi connectivity index (χ3v) is 4.77. The van der Waals surface area contributed by atoms with Crippen LogP contribution in [0.15, 0.2) is 54.6 Å². The molecule has 5 heteroatoms. The molecule has 2 aliphatic rings. The minimum Gasteiger partial charge on any atom is -0.283 e. The van der Waals surface area contributed by atoms with Crippen molar-refractivity contribution >= 4 is 17.5 Å². The number of hydroxylamine groups is 1. The van der Waals surface area contributed by atoms with Gasteiger partial charge in [0.25, 0.3) is 5.91 Å². The number of nitrogens with zero attached hydrogens (tertiary/aromatic N) is 2. The number of imide groups is 1. The van der Waals surface area contributed by atoms with Gasteiger partial charge in [0.2, 0.25) is 5.91 Å². The van der Waals surface area contributed by atoms with Crippen LogP contribution in [0.25, 0.3) is 0 Å². The van der Waals surface area contributed by atoms with E-state index in [1.165, 1.54) is 11.9 Å². The first kappa shape index (κ1) is 14.9. The molecule has 0 bridgehead atoms. The number of fused-ring (bicyclic) bond motifs is 1. The third-order valence-electron chi connectivity index (χ3n) is 4.77. The van der Waals surface area contributed by atoms with E-state index in [-0.39, 0.29) is 17.9 Å². The summed E-state index contributed by atoms with van der Waals surface area (Å²) >= 11 is 0. The highest BCUT2D eigenvalue weighted by atomic mass is 16.7. The summed E-state index contributed by atoms with van der Waals surface area (Å²) in [5, 5.41) is 1.71. The molecule has 5 nitrogen and oxygen atoms in total. The van der Waals surface area contributed by atoms with Gasteiger partial charge in [0.05, 0.1) is 11.7 Å². The van der Waals surface area contributed by atoms with Crippen molar-refractivity contribution in [2.24, 2.45) is 5.92 Å². The van der Waals surface area contributed by atoms with Crippen molar-refractivity contribution in [1.29, 1.82) is 0 Å². The number of para-hydroxylation sites is 1. The van der Waals surface area contributed by atoms with Crippen molar-refractivity contribution in [2.45, 2.75) is 19.1 Å². The summed E-state index contributed by atoms with van der Waals surface area (Å²) in [5.41, 5.74) is 2.94. The molecule has 24 heavy (non-hydrogen) atoms. The van der Waals surface area contributed by atoms with Crippen LogP contribution >= 0.6 is 0 Å². The maximum atomic E-state index is 12.6. The van der Waals surface area contributed by atoms with Gasteiger partial charge in [-0.05, 0) is 24.6 Å². The van der Waals surface area contributed by atoms with E-state index in [9.17, 15) is 9.59 Å². The van der Waals surface area contributed by atoms with E-state index in [4.69, 9.17) is 4.84 Å². The van der Waals surface area contributed by atoms with Crippen LogP contribution in [0.5, 0.6) is 0 Å². The molecule has 0 radical (unpaired) electrons.